The van der Waals surface area contributed by atoms with Gasteiger partial charge in [0.15, 0.2) is 6.61 Å². The van der Waals surface area contributed by atoms with Gasteiger partial charge >= 0.3 is 0 Å². The van der Waals surface area contributed by atoms with Crippen LogP contribution in [0.4, 0.5) is 5.69 Å². The van der Waals surface area contributed by atoms with Crippen LogP contribution in [0.25, 0.3) is 0 Å². The number of methoxy groups -OCH3 is 1. The van der Waals surface area contributed by atoms with Gasteiger partial charge < -0.3 is 9.47 Å². The van der Waals surface area contributed by atoms with E-state index in [9.17, 15) is 13.2 Å². The van der Waals surface area contributed by atoms with E-state index < -0.39 is 22.5 Å². The zero-order valence-corrected chi connectivity index (χ0v) is 19.0. The summed E-state index contributed by atoms with van der Waals surface area (Å²) in [6.45, 7) is 1.68. The molecular weight excluding hydrogens is 426 g/mol. The number of nitrogens with zero attached hydrogens (tertiary/aromatic N) is 1. The van der Waals surface area contributed by atoms with Crippen LogP contribution in [0, 0.1) is 0 Å². The quantitative estimate of drug-likeness (QED) is 0.439. The fourth-order valence-corrected chi connectivity index (χ4v) is 4.60. The largest absolute Gasteiger partial charge is 0.497 e. The number of anilines is 1. The summed E-state index contributed by atoms with van der Waals surface area (Å²) in [5.74, 6) is 0.400. The Morgan fingerprint density at radius 2 is 1.50 bits per heavy atom. The SMILES string of the molecule is CCCCc1ccc(N(C(=O)COc2ccc(OC)cc2)S(=O)(=O)c2ccccc2)cc1. The number of aryl methyl sites for hydroxylation is 1. The second kappa shape index (κ2) is 10.8. The molecule has 0 heterocycles. The molecule has 0 unspecified atom stereocenters. The predicted molar refractivity (Wildman–Crippen MR) is 125 cm³/mol. The Morgan fingerprint density at radius 1 is 0.875 bits per heavy atom. The van der Waals surface area contributed by atoms with E-state index in [1.807, 2.05) is 12.1 Å². The highest BCUT2D eigenvalue weighted by Gasteiger charge is 2.31. The highest BCUT2D eigenvalue weighted by Crippen LogP contribution is 2.25. The molecule has 0 fully saturated rings. The van der Waals surface area contributed by atoms with Crippen molar-refractivity contribution in [2.75, 3.05) is 18.0 Å². The Labute approximate surface area is 189 Å². The molecule has 3 rings (SSSR count). The predicted octanol–water partition coefficient (Wildman–Crippen LogP) is 4.84. The molecule has 0 aliphatic rings. The monoisotopic (exact) mass is 453 g/mol. The molecule has 32 heavy (non-hydrogen) atoms. The van der Waals surface area contributed by atoms with Crippen LogP contribution in [0.1, 0.15) is 25.3 Å². The van der Waals surface area contributed by atoms with E-state index in [2.05, 4.69) is 6.92 Å². The first-order valence-electron chi connectivity index (χ1n) is 10.4. The van der Waals surface area contributed by atoms with Crippen molar-refractivity contribution in [1.29, 1.82) is 0 Å². The smallest absolute Gasteiger partial charge is 0.278 e. The summed E-state index contributed by atoms with van der Waals surface area (Å²) in [5.41, 5.74) is 1.37. The van der Waals surface area contributed by atoms with Crippen LogP contribution < -0.4 is 13.8 Å². The number of hydrogen-bond donors (Lipinski definition) is 0. The maximum atomic E-state index is 13.4. The normalized spacial score (nSPS) is 11.1. The van der Waals surface area contributed by atoms with Crippen molar-refractivity contribution in [3.05, 3.63) is 84.4 Å². The average molecular weight is 454 g/mol. The van der Waals surface area contributed by atoms with E-state index in [1.54, 1.807) is 61.7 Å². The maximum Gasteiger partial charge on any atom is 0.278 e. The van der Waals surface area contributed by atoms with Gasteiger partial charge in [-0.05, 0) is 66.9 Å². The molecule has 0 bridgehead atoms. The number of ether oxygens (including phenoxy) is 2. The van der Waals surface area contributed by atoms with Crippen molar-refractivity contribution < 1.29 is 22.7 Å². The van der Waals surface area contributed by atoms with Gasteiger partial charge in [0, 0.05) is 0 Å². The molecule has 168 valence electrons. The molecule has 0 atom stereocenters. The lowest BCUT2D eigenvalue weighted by atomic mass is 10.1. The first-order valence-corrected chi connectivity index (χ1v) is 11.9. The molecule has 0 N–H and O–H groups in total. The minimum absolute atomic E-state index is 0.0351. The van der Waals surface area contributed by atoms with Crippen molar-refractivity contribution in [1.82, 2.24) is 0 Å². The Hall–Kier alpha value is -3.32. The van der Waals surface area contributed by atoms with Gasteiger partial charge in [0.05, 0.1) is 17.7 Å². The van der Waals surface area contributed by atoms with Crippen molar-refractivity contribution in [3.63, 3.8) is 0 Å². The van der Waals surface area contributed by atoms with E-state index >= 15 is 0 Å². The Balaban J connectivity index is 1.88. The van der Waals surface area contributed by atoms with Gasteiger partial charge in [-0.2, -0.15) is 4.31 Å². The van der Waals surface area contributed by atoms with Gasteiger partial charge in [-0.1, -0.05) is 43.7 Å². The van der Waals surface area contributed by atoms with Crippen LogP contribution >= 0.6 is 0 Å². The third-order valence-electron chi connectivity index (χ3n) is 4.92. The zero-order chi connectivity index (χ0) is 23.0. The Morgan fingerprint density at radius 3 is 2.09 bits per heavy atom. The van der Waals surface area contributed by atoms with Gasteiger partial charge in [0.25, 0.3) is 15.9 Å². The number of unbranched alkanes of at least 4 members (excludes halogenated alkanes) is 1. The molecular formula is C25H27NO5S. The van der Waals surface area contributed by atoms with E-state index in [0.29, 0.717) is 11.5 Å². The fraction of sp³-hybridized carbons (Fsp3) is 0.240. The summed E-state index contributed by atoms with van der Waals surface area (Å²) in [4.78, 5) is 13.1. The molecule has 0 spiro atoms. The van der Waals surface area contributed by atoms with Crippen LogP contribution in [0.15, 0.2) is 83.8 Å². The van der Waals surface area contributed by atoms with Crippen molar-refractivity contribution in [3.8, 4) is 11.5 Å². The van der Waals surface area contributed by atoms with Gasteiger partial charge in [0.1, 0.15) is 11.5 Å². The molecule has 0 aromatic heterocycles. The first-order chi connectivity index (χ1) is 15.5. The standard InChI is InChI=1S/C25H27NO5S/c1-3-4-8-20-11-13-21(14-12-20)26(32(28,29)24-9-6-5-7-10-24)25(27)19-31-23-17-15-22(30-2)16-18-23/h5-7,9-18H,3-4,8,19H2,1-2H3. The lowest BCUT2D eigenvalue weighted by Gasteiger charge is -2.23. The molecule has 3 aromatic rings. The molecule has 1 amide bonds. The van der Waals surface area contributed by atoms with Crippen molar-refractivity contribution >= 4 is 21.6 Å². The van der Waals surface area contributed by atoms with Gasteiger partial charge in [-0.15, -0.1) is 0 Å². The third kappa shape index (κ3) is 5.68. The van der Waals surface area contributed by atoms with E-state index in [4.69, 9.17) is 9.47 Å². The number of benzene rings is 3. The van der Waals surface area contributed by atoms with Crippen LogP contribution in [0.5, 0.6) is 11.5 Å². The third-order valence-corrected chi connectivity index (χ3v) is 6.68. The minimum Gasteiger partial charge on any atom is -0.497 e. The minimum atomic E-state index is -4.11. The van der Waals surface area contributed by atoms with E-state index in [1.165, 1.54) is 12.1 Å². The number of sulfonamides is 1. The first kappa shape index (κ1) is 23.3. The molecule has 7 heteroatoms. The summed E-state index contributed by atoms with van der Waals surface area (Å²) in [6, 6.07) is 21.7. The Bertz CT molecular complexity index is 1110. The average Bonchev–Trinajstić information content (AvgIpc) is 2.83. The fourth-order valence-electron chi connectivity index (χ4n) is 3.17. The lowest BCUT2D eigenvalue weighted by Crippen LogP contribution is -2.40. The highest BCUT2D eigenvalue weighted by atomic mass is 32.2. The second-order valence-corrected chi connectivity index (χ2v) is 9.00. The van der Waals surface area contributed by atoms with Crippen LogP contribution in [-0.2, 0) is 21.2 Å². The summed E-state index contributed by atoms with van der Waals surface area (Å²) >= 11 is 0. The topological polar surface area (TPSA) is 72.9 Å². The van der Waals surface area contributed by atoms with Gasteiger partial charge in [-0.3, -0.25) is 4.79 Å². The van der Waals surface area contributed by atoms with Crippen LogP contribution in [-0.4, -0.2) is 28.0 Å². The number of amides is 1. The number of rotatable bonds is 10. The van der Waals surface area contributed by atoms with E-state index in [-0.39, 0.29) is 10.6 Å². The maximum absolute atomic E-state index is 13.4. The summed E-state index contributed by atoms with van der Waals surface area (Å²) in [7, 11) is -2.56. The van der Waals surface area contributed by atoms with Crippen molar-refractivity contribution in [2.24, 2.45) is 0 Å². The molecule has 0 aliphatic heterocycles. The molecule has 3 aromatic carbocycles. The summed E-state index contributed by atoms with van der Waals surface area (Å²) < 4.78 is 38.2. The van der Waals surface area contributed by atoms with Gasteiger partial charge in [0.2, 0.25) is 0 Å². The molecule has 0 saturated carbocycles. The van der Waals surface area contributed by atoms with E-state index in [0.717, 1.165) is 29.1 Å². The summed E-state index contributed by atoms with van der Waals surface area (Å²) in [6.07, 6.45) is 3.01. The van der Waals surface area contributed by atoms with Crippen LogP contribution in [0.3, 0.4) is 0 Å². The Kier molecular flexibility index (Phi) is 7.89. The van der Waals surface area contributed by atoms with Crippen molar-refractivity contribution in [2.45, 2.75) is 31.1 Å². The lowest BCUT2D eigenvalue weighted by molar-refractivity contribution is -0.119. The van der Waals surface area contributed by atoms with Gasteiger partial charge in [-0.25, -0.2) is 8.42 Å². The molecule has 0 radical (unpaired) electrons. The number of carbonyl (C=O) groups is 1. The zero-order valence-electron chi connectivity index (χ0n) is 18.2. The number of carbonyl (C=O) groups excluding carboxylic acids is 1. The molecule has 6 nitrogen and oxygen atoms in total. The molecule has 0 saturated heterocycles. The number of hydrogen-bond acceptors (Lipinski definition) is 5. The highest BCUT2D eigenvalue weighted by molar-refractivity contribution is 7.93. The second-order valence-electron chi connectivity index (χ2n) is 7.21. The molecule has 0 aliphatic carbocycles. The summed E-state index contributed by atoms with van der Waals surface area (Å²) in [5, 5.41) is 0. The van der Waals surface area contributed by atoms with Crippen LogP contribution in [0.2, 0.25) is 0 Å².